The van der Waals surface area contributed by atoms with Crippen LogP contribution < -0.4 is 20.5 Å². The van der Waals surface area contributed by atoms with Crippen molar-refractivity contribution in [3.8, 4) is 11.8 Å². The molecule has 0 aliphatic carbocycles. The van der Waals surface area contributed by atoms with Crippen molar-refractivity contribution in [2.75, 3.05) is 49.5 Å². The molecule has 0 saturated carbocycles. The minimum Gasteiger partial charge on any atom is -0.493 e. The first-order valence-corrected chi connectivity index (χ1v) is 11.6. The van der Waals surface area contributed by atoms with Crippen LogP contribution in [0.15, 0.2) is 35.3 Å². The SMILES string of the molecule is CCOc1cc(CN2CCN(c3ccc(C#N)cn3)CC2)cc2[nH]c(=O)c3c(c12)NCCC3. The molecule has 0 bridgehead atoms. The van der Waals surface area contributed by atoms with E-state index in [9.17, 15) is 4.79 Å². The Morgan fingerprint density at radius 1 is 1.21 bits per heavy atom. The van der Waals surface area contributed by atoms with Crippen LogP contribution in [-0.2, 0) is 13.0 Å². The molecule has 1 aromatic carbocycles. The van der Waals surface area contributed by atoms with E-state index in [2.05, 4.69) is 43.3 Å². The summed E-state index contributed by atoms with van der Waals surface area (Å²) in [5.41, 5.74) is 4.28. The number of nitrogens with one attached hydrogen (secondary N) is 2. The zero-order valence-electron chi connectivity index (χ0n) is 18.9. The molecular formula is C25H28N6O2. The molecule has 2 aliphatic rings. The van der Waals surface area contributed by atoms with Crippen LogP contribution in [-0.4, -0.2) is 54.2 Å². The van der Waals surface area contributed by atoms with Gasteiger partial charge in [0.1, 0.15) is 17.6 Å². The maximum absolute atomic E-state index is 12.7. The third-order valence-corrected chi connectivity index (χ3v) is 6.42. The van der Waals surface area contributed by atoms with Crippen molar-refractivity contribution in [1.29, 1.82) is 5.26 Å². The maximum atomic E-state index is 12.7. The van der Waals surface area contributed by atoms with E-state index in [1.807, 2.05) is 19.1 Å². The average molecular weight is 445 g/mol. The molecule has 0 spiro atoms. The van der Waals surface area contributed by atoms with Gasteiger partial charge in [0.05, 0.1) is 28.8 Å². The van der Waals surface area contributed by atoms with E-state index in [0.717, 1.165) is 91.4 Å². The van der Waals surface area contributed by atoms with Gasteiger partial charge in [-0.2, -0.15) is 5.26 Å². The molecule has 33 heavy (non-hydrogen) atoms. The monoisotopic (exact) mass is 444 g/mol. The molecule has 1 saturated heterocycles. The molecule has 4 heterocycles. The molecule has 2 aromatic heterocycles. The molecule has 5 rings (SSSR count). The van der Waals surface area contributed by atoms with Crippen molar-refractivity contribution in [2.24, 2.45) is 0 Å². The lowest BCUT2D eigenvalue weighted by molar-refractivity contribution is 0.249. The molecule has 0 unspecified atom stereocenters. The van der Waals surface area contributed by atoms with Crippen molar-refractivity contribution in [3.63, 3.8) is 0 Å². The van der Waals surface area contributed by atoms with Gasteiger partial charge in [-0.1, -0.05) is 0 Å². The van der Waals surface area contributed by atoms with Crippen LogP contribution in [0.2, 0.25) is 0 Å². The Morgan fingerprint density at radius 2 is 2.06 bits per heavy atom. The van der Waals surface area contributed by atoms with E-state index in [1.54, 1.807) is 6.20 Å². The second kappa shape index (κ2) is 9.12. The van der Waals surface area contributed by atoms with Gasteiger partial charge >= 0.3 is 0 Å². The van der Waals surface area contributed by atoms with Gasteiger partial charge in [0, 0.05) is 51.0 Å². The lowest BCUT2D eigenvalue weighted by Crippen LogP contribution is -2.46. The predicted octanol–water partition coefficient (Wildman–Crippen LogP) is 2.87. The van der Waals surface area contributed by atoms with Crippen LogP contribution in [0.5, 0.6) is 5.75 Å². The number of ether oxygens (including phenoxy) is 1. The number of hydrogen-bond donors (Lipinski definition) is 2. The molecule has 1 fully saturated rings. The number of nitrogens with zero attached hydrogens (tertiary/aromatic N) is 4. The molecule has 2 N–H and O–H groups in total. The van der Waals surface area contributed by atoms with Gasteiger partial charge in [-0.15, -0.1) is 0 Å². The van der Waals surface area contributed by atoms with Gasteiger partial charge < -0.3 is 19.9 Å². The molecule has 3 aromatic rings. The van der Waals surface area contributed by atoms with Crippen LogP contribution >= 0.6 is 0 Å². The summed E-state index contributed by atoms with van der Waals surface area (Å²) < 4.78 is 6.03. The summed E-state index contributed by atoms with van der Waals surface area (Å²) in [6.45, 7) is 7.79. The first kappa shape index (κ1) is 21.3. The summed E-state index contributed by atoms with van der Waals surface area (Å²) in [6, 6.07) is 10.0. The molecule has 0 radical (unpaired) electrons. The van der Waals surface area contributed by atoms with Crippen LogP contribution in [0.4, 0.5) is 11.5 Å². The summed E-state index contributed by atoms with van der Waals surface area (Å²) in [4.78, 5) is 24.9. The summed E-state index contributed by atoms with van der Waals surface area (Å²) >= 11 is 0. The maximum Gasteiger partial charge on any atom is 0.253 e. The van der Waals surface area contributed by atoms with E-state index >= 15 is 0 Å². The Balaban J connectivity index is 1.36. The van der Waals surface area contributed by atoms with Gasteiger partial charge in [-0.05, 0) is 49.6 Å². The normalized spacial score (nSPS) is 16.2. The quantitative estimate of drug-likeness (QED) is 0.625. The van der Waals surface area contributed by atoms with E-state index in [-0.39, 0.29) is 5.56 Å². The van der Waals surface area contributed by atoms with E-state index in [0.29, 0.717) is 12.2 Å². The highest BCUT2D eigenvalue weighted by Crippen LogP contribution is 2.36. The lowest BCUT2D eigenvalue weighted by atomic mass is 9.99. The topological polar surface area (TPSA) is 97.3 Å². The fraction of sp³-hybridized carbons (Fsp3) is 0.400. The Hall–Kier alpha value is -3.57. The number of aromatic amines is 1. The molecular weight excluding hydrogens is 416 g/mol. The Labute approximate surface area is 192 Å². The van der Waals surface area contributed by atoms with Crippen LogP contribution in [0.3, 0.4) is 0 Å². The molecule has 170 valence electrons. The van der Waals surface area contributed by atoms with Crippen LogP contribution in [0.1, 0.15) is 30.0 Å². The Kier molecular flexibility index (Phi) is 5.88. The highest BCUT2D eigenvalue weighted by molar-refractivity contribution is 5.98. The number of nitriles is 1. The van der Waals surface area contributed by atoms with Crippen molar-refractivity contribution in [2.45, 2.75) is 26.3 Å². The second-order valence-corrected chi connectivity index (χ2v) is 8.57. The van der Waals surface area contributed by atoms with Gasteiger partial charge in [0.2, 0.25) is 0 Å². The lowest BCUT2D eigenvalue weighted by Gasteiger charge is -2.35. The van der Waals surface area contributed by atoms with Crippen molar-refractivity contribution in [3.05, 3.63) is 57.5 Å². The summed E-state index contributed by atoms with van der Waals surface area (Å²) in [7, 11) is 0. The number of fused-ring (bicyclic) bond motifs is 3. The molecule has 8 nitrogen and oxygen atoms in total. The highest BCUT2D eigenvalue weighted by atomic mass is 16.5. The van der Waals surface area contributed by atoms with Crippen molar-refractivity contribution in [1.82, 2.24) is 14.9 Å². The van der Waals surface area contributed by atoms with E-state index < -0.39 is 0 Å². The zero-order chi connectivity index (χ0) is 22.8. The standard InChI is InChI=1S/C25H28N6O2/c1-2-33-21-13-18(12-20-23(21)24-19(25(32)29-20)4-3-7-27-24)16-30-8-10-31(11-9-30)22-6-5-17(14-26)15-28-22/h5-6,12-13,15,27H,2-4,7-11,16H2,1H3,(H,29,32). The Bertz CT molecular complexity index is 1250. The fourth-order valence-corrected chi connectivity index (χ4v) is 4.80. The zero-order valence-corrected chi connectivity index (χ0v) is 18.9. The Morgan fingerprint density at radius 3 is 2.79 bits per heavy atom. The average Bonchev–Trinajstić information content (AvgIpc) is 2.85. The summed E-state index contributed by atoms with van der Waals surface area (Å²) in [5.74, 6) is 1.74. The molecule has 0 atom stereocenters. The van der Waals surface area contributed by atoms with Crippen LogP contribution in [0, 0.1) is 11.3 Å². The van der Waals surface area contributed by atoms with E-state index in [4.69, 9.17) is 10.00 Å². The third kappa shape index (κ3) is 4.24. The molecule has 2 aliphatic heterocycles. The number of piperazine rings is 1. The minimum absolute atomic E-state index is 0.00664. The van der Waals surface area contributed by atoms with Crippen molar-refractivity contribution < 1.29 is 4.74 Å². The number of anilines is 2. The molecule has 0 amide bonds. The van der Waals surface area contributed by atoms with Gasteiger partial charge in [-0.25, -0.2) is 4.98 Å². The fourth-order valence-electron chi connectivity index (χ4n) is 4.80. The van der Waals surface area contributed by atoms with Gasteiger partial charge in [0.15, 0.2) is 0 Å². The smallest absolute Gasteiger partial charge is 0.253 e. The van der Waals surface area contributed by atoms with E-state index in [1.165, 1.54) is 0 Å². The number of H-pyrrole nitrogens is 1. The summed E-state index contributed by atoms with van der Waals surface area (Å²) in [6.07, 6.45) is 3.38. The second-order valence-electron chi connectivity index (χ2n) is 8.57. The number of aromatic nitrogens is 2. The van der Waals surface area contributed by atoms with Gasteiger partial charge in [0.25, 0.3) is 5.56 Å². The first-order valence-electron chi connectivity index (χ1n) is 11.6. The number of benzene rings is 1. The minimum atomic E-state index is -0.00664. The third-order valence-electron chi connectivity index (χ3n) is 6.42. The number of rotatable bonds is 5. The highest BCUT2D eigenvalue weighted by Gasteiger charge is 2.22. The first-order chi connectivity index (χ1) is 16.2. The van der Waals surface area contributed by atoms with Crippen LogP contribution in [0.25, 0.3) is 10.9 Å². The summed E-state index contributed by atoms with van der Waals surface area (Å²) in [5, 5.41) is 13.4. The number of hydrogen-bond acceptors (Lipinski definition) is 7. The number of pyridine rings is 2. The molecule has 8 heteroatoms. The predicted molar refractivity (Wildman–Crippen MR) is 129 cm³/mol. The largest absolute Gasteiger partial charge is 0.493 e. The van der Waals surface area contributed by atoms with Gasteiger partial charge in [-0.3, -0.25) is 9.69 Å². The van der Waals surface area contributed by atoms with Crippen molar-refractivity contribution >= 4 is 22.4 Å².